The molecule has 1 aliphatic heterocycles. The summed E-state index contributed by atoms with van der Waals surface area (Å²) < 4.78 is 5.27. The van der Waals surface area contributed by atoms with E-state index >= 15 is 0 Å². The van der Waals surface area contributed by atoms with E-state index < -0.39 is 0 Å². The van der Waals surface area contributed by atoms with Gasteiger partial charge in [-0.2, -0.15) is 15.0 Å². The number of anilines is 2. The first-order chi connectivity index (χ1) is 8.28. The Hall–Kier alpha value is -1.14. The summed E-state index contributed by atoms with van der Waals surface area (Å²) in [5, 5.41) is 6.46. The van der Waals surface area contributed by atoms with Crippen molar-refractivity contribution >= 4 is 23.5 Å². The van der Waals surface area contributed by atoms with E-state index in [4.69, 9.17) is 16.3 Å². The van der Waals surface area contributed by atoms with Gasteiger partial charge in [-0.1, -0.05) is 6.92 Å². The molecule has 1 aromatic heterocycles. The summed E-state index contributed by atoms with van der Waals surface area (Å²) in [6.07, 6.45) is 1.96. The number of nitrogens with zero attached hydrogens (tertiary/aromatic N) is 3. The Morgan fingerprint density at radius 2 is 2.18 bits per heavy atom. The van der Waals surface area contributed by atoms with Gasteiger partial charge >= 0.3 is 0 Å². The Bertz CT molecular complexity index is 370. The quantitative estimate of drug-likeness (QED) is 0.834. The summed E-state index contributed by atoms with van der Waals surface area (Å²) in [7, 11) is 0. The van der Waals surface area contributed by atoms with Crippen molar-refractivity contribution < 1.29 is 4.74 Å². The molecule has 2 rings (SSSR count). The van der Waals surface area contributed by atoms with Gasteiger partial charge < -0.3 is 15.4 Å². The van der Waals surface area contributed by atoms with Gasteiger partial charge in [-0.3, -0.25) is 0 Å². The standard InChI is InChI=1S/C10H16ClN5O/c1-2-4-12-9-14-8(11)15-10(16-9)13-7-3-5-17-6-7/h7H,2-6H2,1H3,(H2,12,13,14,15,16). The second-order valence-corrected chi connectivity index (χ2v) is 4.22. The van der Waals surface area contributed by atoms with Crippen LogP contribution in [-0.4, -0.2) is 40.8 Å². The molecule has 1 atom stereocenters. The largest absolute Gasteiger partial charge is 0.379 e. The summed E-state index contributed by atoms with van der Waals surface area (Å²) in [5.74, 6) is 1.01. The number of hydrogen-bond donors (Lipinski definition) is 2. The molecular weight excluding hydrogens is 242 g/mol. The lowest BCUT2D eigenvalue weighted by molar-refractivity contribution is 0.195. The summed E-state index contributed by atoms with van der Waals surface area (Å²) in [6, 6.07) is 0.257. The fourth-order valence-electron chi connectivity index (χ4n) is 1.56. The number of ether oxygens (including phenoxy) is 1. The molecule has 2 heterocycles. The maximum absolute atomic E-state index is 5.84. The monoisotopic (exact) mass is 257 g/mol. The van der Waals surface area contributed by atoms with Gasteiger partial charge in [-0.15, -0.1) is 0 Å². The molecule has 0 bridgehead atoms. The van der Waals surface area contributed by atoms with E-state index in [1.165, 1.54) is 0 Å². The van der Waals surface area contributed by atoms with Gasteiger partial charge in [-0.25, -0.2) is 0 Å². The second kappa shape index (κ2) is 5.97. The van der Waals surface area contributed by atoms with Gasteiger partial charge in [0.15, 0.2) is 0 Å². The average molecular weight is 258 g/mol. The maximum atomic E-state index is 5.84. The number of nitrogens with one attached hydrogen (secondary N) is 2. The van der Waals surface area contributed by atoms with E-state index in [1.807, 2.05) is 0 Å². The Morgan fingerprint density at radius 1 is 1.35 bits per heavy atom. The molecular formula is C10H16ClN5O. The predicted molar refractivity (Wildman–Crippen MR) is 66.5 cm³/mol. The fraction of sp³-hybridized carbons (Fsp3) is 0.700. The van der Waals surface area contributed by atoms with Crippen molar-refractivity contribution in [3.8, 4) is 0 Å². The zero-order valence-corrected chi connectivity index (χ0v) is 10.5. The highest BCUT2D eigenvalue weighted by Crippen LogP contribution is 2.13. The summed E-state index contributed by atoms with van der Waals surface area (Å²) in [4.78, 5) is 12.3. The fourth-order valence-corrected chi connectivity index (χ4v) is 1.72. The molecule has 0 aliphatic carbocycles. The van der Waals surface area contributed by atoms with Gasteiger partial charge in [0.1, 0.15) is 0 Å². The first-order valence-corrected chi connectivity index (χ1v) is 6.15. The van der Waals surface area contributed by atoms with Crippen LogP contribution in [-0.2, 0) is 4.74 Å². The van der Waals surface area contributed by atoms with Crippen LogP contribution in [0.1, 0.15) is 19.8 Å². The number of aromatic nitrogens is 3. The van der Waals surface area contributed by atoms with Crippen LogP contribution in [0.25, 0.3) is 0 Å². The lowest BCUT2D eigenvalue weighted by atomic mass is 10.3. The van der Waals surface area contributed by atoms with E-state index in [9.17, 15) is 0 Å². The Kier molecular flexibility index (Phi) is 4.33. The molecule has 94 valence electrons. The van der Waals surface area contributed by atoms with Crippen LogP contribution in [0, 0.1) is 0 Å². The van der Waals surface area contributed by atoms with Crippen LogP contribution < -0.4 is 10.6 Å². The first-order valence-electron chi connectivity index (χ1n) is 5.77. The molecule has 1 aromatic rings. The Morgan fingerprint density at radius 3 is 2.88 bits per heavy atom. The lowest BCUT2D eigenvalue weighted by Gasteiger charge is -2.11. The number of halogens is 1. The molecule has 0 amide bonds. The third-order valence-corrected chi connectivity index (χ3v) is 2.57. The van der Waals surface area contributed by atoms with E-state index in [0.717, 1.165) is 26.0 Å². The molecule has 0 spiro atoms. The van der Waals surface area contributed by atoms with Crippen molar-refractivity contribution in [3.05, 3.63) is 5.28 Å². The van der Waals surface area contributed by atoms with Crippen molar-refractivity contribution in [1.29, 1.82) is 0 Å². The minimum Gasteiger partial charge on any atom is -0.379 e. The average Bonchev–Trinajstić information content (AvgIpc) is 2.78. The molecule has 2 N–H and O–H groups in total. The zero-order chi connectivity index (χ0) is 12.1. The lowest BCUT2D eigenvalue weighted by Crippen LogP contribution is -2.21. The van der Waals surface area contributed by atoms with Crippen LogP contribution in [0.4, 0.5) is 11.9 Å². The molecule has 1 saturated heterocycles. The van der Waals surface area contributed by atoms with E-state index in [1.54, 1.807) is 0 Å². The topological polar surface area (TPSA) is 72.0 Å². The zero-order valence-electron chi connectivity index (χ0n) is 9.74. The van der Waals surface area contributed by atoms with Gasteiger partial charge in [-0.05, 0) is 24.4 Å². The molecule has 1 fully saturated rings. The third kappa shape index (κ3) is 3.67. The smallest absolute Gasteiger partial charge is 0.229 e. The van der Waals surface area contributed by atoms with Crippen molar-refractivity contribution in [2.45, 2.75) is 25.8 Å². The van der Waals surface area contributed by atoms with Crippen molar-refractivity contribution in [2.24, 2.45) is 0 Å². The molecule has 0 saturated carbocycles. The Labute approximate surface area is 105 Å². The third-order valence-electron chi connectivity index (χ3n) is 2.40. The summed E-state index contributed by atoms with van der Waals surface area (Å²) in [5.41, 5.74) is 0. The highest BCUT2D eigenvalue weighted by atomic mass is 35.5. The SMILES string of the molecule is CCCNc1nc(Cl)nc(NC2CCOC2)n1. The highest BCUT2D eigenvalue weighted by molar-refractivity contribution is 6.28. The van der Waals surface area contributed by atoms with Crippen LogP contribution >= 0.6 is 11.6 Å². The molecule has 0 aromatic carbocycles. The van der Waals surface area contributed by atoms with E-state index in [2.05, 4.69) is 32.5 Å². The van der Waals surface area contributed by atoms with Crippen LogP contribution in [0.2, 0.25) is 5.28 Å². The van der Waals surface area contributed by atoms with Gasteiger partial charge in [0.05, 0.1) is 12.6 Å². The molecule has 1 unspecified atom stereocenters. The van der Waals surface area contributed by atoms with Crippen LogP contribution in [0.5, 0.6) is 0 Å². The van der Waals surface area contributed by atoms with Gasteiger partial charge in [0, 0.05) is 13.2 Å². The maximum Gasteiger partial charge on any atom is 0.229 e. The molecule has 7 heteroatoms. The summed E-state index contributed by atoms with van der Waals surface area (Å²) >= 11 is 5.84. The minimum atomic E-state index is 0.194. The van der Waals surface area contributed by atoms with Crippen LogP contribution in [0.15, 0.2) is 0 Å². The second-order valence-electron chi connectivity index (χ2n) is 3.88. The van der Waals surface area contributed by atoms with Crippen LogP contribution in [0.3, 0.4) is 0 Å². The number of hydrogen-bond acceptors (Lipinski definition) is 6. The van der Waals surface area contributed by atoms with E-state index in [0.29, 0.717) is 18.5 Å². The molecule has 1 aliphatic rings. The first kappa shape index (κ1) is 12.3. The molecule has 17 heavy (non-hydrogen) atoms. The van der Waals surface area contributed by atoms with E-state index in [-0.39, 0.29) is 11.3 Å². The van der Waals surface area contributed by atoms with Gasteiger partial charge in [0.25, 0.3) is 0 Å². The molecule has 0 radical (unpaired) electrons. The summed E-state index contributed by atoms with van der Waals surface area (Å²) in [6.45, 7) is 4.34. The minimum absolute atomic E-state index is 0.194. The number of rotatable bonds is 5. The highest BCUT2D eigenvalue weighted by Gasteiger charge is 2.17. The van der Waals surface area contributed by atoms with Crippen molar-refractivity contribution in [1.82, 2.24) is 15.0 Å². The van der Waals surface area contributed by atoms with Crippen molar-refractivity contribution in [2.75, 3.05) is 30.4 Å². The normalized spacial score (nSPS) is 19.3. The van der Waals surface area contributed by atoms with Gasteiger partial charge in [0.2, 0.25) is 17.2 Å². The molecule has 6 nitrogen and oxygen atoms in total. The van der Waals surface area contributed by atoms with Crippen molar-refractivity contribution in [3.63, 3.8) is 0 Å². The predicted octanol–water partition coefficient (Wildman–Crippen LogP) is 1.55. The Balaban J connectivity index is 2.02.